The van der Waals surface area contributed by atoms with Crippen molar-refractivity contribution in [3.8, 4) is 0 Å². The highest BCUT2D eigenvalue weighted by Gasteiger charge is 2.34. The molecule has 2 amide bonds. The second kappa shape index (κ2) is 20.4. The van der Waals surface area contributed by atoms with Crippen LogP contribution in [0.3, 0.4) is 0 Å². The minimum Gasteiger partial charge on any atom is -0.453 e. The van der Waals surface area contributed by atoms with Gasteiger partial charge in [-0.25, -0.2) is 19.2 Å². The molecule has 320 valence electrons. The molecule has 4 aromatic rings. The van der Waals surface area contributed by atoms with Crippen molar-refractivity contribution in [2.45, 2.75) is 90.5 Å². The first-order valence-electron chi connectivity index (χ1n) is 20.8. The van der Waals surface area contributed by atoms with E-state index in [1.807, 2.05) is 24.3 Å². The molecule has 6 N–H and O–H groups in total. The lowest BCUT2D eigenvalue weighted by molar-refractivity contribution is -0.147. The van der Waals surface area contributed by atoms with E-state index in [9.17, 15) is 19.2 Å². The summed E-state index contributed by atoms with van der Waals surface area (Å²) in [7, 11) is 0. The van der Waals surface area contributed by atoms with E-state index in [-0.39, 0.29) is 37.1 Å². The van der Waals surface area contributed by atoms with Crippen LogP contribution in [0, 0.1) is 11.8 Å². The zero-order valence-electron chi connectivity index (χ0n) is 35.0. The Hall–Kier alpha value is -5.86. The molecule has 2 aliphatic carbocycles. The molecule has 0 saturated heterocycles. The minimum atomic E-state index is -0.666. The fraction of sp³-hybridized carbons (Fsp3) is 0.435. The number of ether oxygens (including phenoxy) is 4. The molecule has 0 radical (unpaired) electrons. The van der Waals surface area contributed by atoms with Crippen LogP contribution in [0.15, 0.2) is 73.9 Å². The Morgan fingerprint density at radius 2 is 1.10 bits per heavy atom. The molecule has 6 rings (SSSR count). The number of hydrogen-bond donors (Lipinski definition) is 6. The Kier molecular flexibility index (Phi) is 14.9. The van der Waals surface area contributed by atoms with Gasteiger partial charge >= 0.3 is 24.1 Å². The summed E-state index contributed by atoms with van der Waals surface area (Å²) in [4.78, 5) is 58.5. The molecule has 4 unspecified atom stereocenters. The standard InChI is InChI=1S/C46H58N6O8/c1-7-9-17-57-45(55)49-31-11-13-37-33(23-31)35-19-29(25-47-27(3)4)21-39(43(35)51-37)59-41(53)15-16-42(54)60-40-22-30(26-48-28(5)6)20-36-34-24-32(12-14-38(34)52-44(36)40)50-46(56)58-18-10-8-2/h7-8,11-16,23-24,27-30,39-40,47-48,51-52H,1-2,9-10,17-22,25-26H2,3-6H3,(H,49,55)(H,50,56)/b16-15-. The minimum absolute atomic E-state index is 0.157. The Labute approximate surface area is 350 Å². The monoisotopic (exact) mass is 822 g/mol. The van der Waals surface area contributed by atoms with Crippen molar-refractivity contribution in [1.82, 2.24) is 20.6 Å². The second-order valence-electron chi connectivity index (χ2n) is 16.2. The van der Waals surface area contributed by atoms with Crippen LogP contribution in [-0.2, 0) is 41.4 Å². The van der Waals surface area contributed by atoms with E-state index in [0.717, 1.165) is 82.4 Å². The quantitative estimate of drug-likeness (QED) is 0.0187. The van der Waals surface area contributed by atoms with Gasteiger partial charge in [-0.3, -0.25) is 10.6 Å². The Morgan fingerprint density at radius 3 is 1.48 bits per heavy atom. The first-order valence-corrected chi connectivity index (χ1v) is 20.8. The predicted molar refractivity (Wildman–Crippen MR) is 233 cm³/mol. The zero-order chi connectivity index (χ0) is 42.8. The van der Waals surface area contributed by atoms with Gasteiger partial charge in [-0.2, -0.15) is 0 Å². The lowest BCUT2D eigenvalue weighted by atomic mass is 9.84. The highest BCUT2D eigenvalue weighted by Crippen LogP contribution is 2.42. The van der Waals surface area contributed by atoms with Crippen LogP contribution in [0.5, 0.6) is 0 Å². The number of anilines is 2. The molecule has 0 fully saturated rings. The maximum Gasteiger partial charge on any atom is 0.411 e. The third-order valence-electron chi connectivity index (χ3n) is 10.7. The van der Waals surface area contributed by atoms with Gasteiger partial charge in [0.2, 0.25) is 0 Å². The van der Waals surface area contributed by atoms with Gasteiger partial charge in [0.05, 0.1) is 24.6 Å². The first kappa shape index (κ1) is 43.7. The smallest absolute Gasteiger partial charge is 0.411 e. The van der Waals surface area contributed by atoms with Gasteiger partial charge in [-0.05, 0) is 111 Å². The third kappa shape index (κ3) is 11.4. The molecule has 14 nitrogen and oxygen atoms in total. The molecule has 0 spiro atoms. The summed E-state index contributed by atoms with van der Waals surface area (Å²) < 4.78 is 22.6. The van der Waals surface area contributed by atoms with Crippen molar-refractivity contribution >= 4 is 57.3 Å². The number of carbonyl (C=O) groups excluding carboxylic acids is 4. The van der Waals surface area contributed by atoms with Crippen LogP contribution in [0.25, 0.3) is 21.8 Å². The van der Waals surface area contributed by atoms with Crippen molar-refractivity contribution in [3.05, 3.63) is 96.4 Å². The van der Waals surface area contributed by atoms with E-state index in [0.29, 0.717) is 37.1 Å². The molecule has 0 aliphatic heterocycles. The molecule has 2 aromatic heterocycles. The van der Waals surface area contributed by atoms with Crippen LogP contribution in [0.1, 0.15) is 88.1 Å². The number of H-pyrrole nitrogens is 2. The lowest BCUT2D eigenvalue weighted by Crippen LogP contribution is -2.33. The number of nitrogens with one attached hydrogen (secondary N) is 6. The normalized spacial score (nSPS) is 18.6. The van der Waals surface area contributed by atoms with E-state index in [1.54, 1.807) is 24.3 Å². The predicted octanol–water partition coefficient (Wildman–Crippen LogP) is 8.44. The molecule has 14 heteroatoms. The maximum atomic E-state index is 13.4. The van der Waals surface area contributed by atoms with Gasteiger partial charge in [0.15, 0.2) is 0 Å². The van der Waals surface area contributed by atoms with Crippen molar-refractivity contribution in [1.29, 1.82) is 0 Å². The number of benzene rings is 2. The maximum absolute atomic E-state index is 13.4. The zero-order valence-corrected chi connectivity index (χ0v) is 35.0. The second-order valence-corrected chi connectivity index (χ2v) is 16.2. The average molecular weight is 823 g/mol. The number of rotatable bonds is 18. The van der Waals surface area contributed by atoms with E-state index in [1.165, 1.54) is 0 Å². The van der Waals surface area contributed by atoms with Crippen LogP contribution >= 0.6 is 0 Å². The number of aromatic amines is 2. The van der Waals surface area contributed by atoms with Gasteiger partial charge < -0.3 is 39.5 Å². The average Bonchev–Trinajstić information content (AvgIpc) is 3.77. The lowest BCUT2D eigenvalue weighted by Gasteiger charge is -2.30. The van der Waals surface area contributed by atoms with Gasteiger partial charge in [-0.15, -0.1) is 13.2 Å². The van der Waals surface area contributed by atoms with Crippen molar-refractivity contribution < 1.29 is 38.1 Å². The van der Waals surface area contributed by atoms with Crippen molar-refractivity contribution in [3.63, 3.8) is 0 Å². The molecule has 2 heterocycles. The first-order chi connectivity index (χ1) is 28.9. The van der Waals surface area contributed by atoms with Crippen molar-refractivity contribution in [2.24, 2.45) is 11.8 Å². The van der Waals surface area contributed by atoms with E-state index >= 15 is 0 Å². The largest absolute Gasteiger partial charge is 0.453 e. The van der Waals surface area contributed by atoms with Crippen LogP contribution in [-0.4, -0.2) is 72.5 Å². The van der Waals surface area contributed by atoms with Gasteiger partial charge in [-0.1, -0.05) is 39.8 Å². The van der Waals surface area contributed by atoms with Crippen LogP contribution in [0.4, 0.5) is 21.0 Å². The number of hydrogen-bond acceptors (Lipinski definition) is 10. The van der Waals surface area contributed by atoms with Gasteiger partial charge in [0.25, 0.3) is 0 Å². The van der Waals surface area contributed by atoms with Crippen LogP contribution in [0.2, 0.25) is 0 Å². The highest BCUT2D eigenvalue weighted by molar-refractivity contribution is 5.95. The van der Waals surface area contributed by atoms with Gasteiger partial charge in [0, 0.05) is 57.4 Å². The third-order valence-corrected chi connectivity index (χ3v) is 10.7. The molecule has 0 saturated carbocycles. The summed E-state index contributed by atoms with van der Waals surface area (Å²) in [6.07, 6.45) is 7.09. The molecule has 4 atom stereocenters. The summed E-state index contributed by atoms with van der Waals surface area (Å²) in [5.41, 5.74) is 6.48. The molecule has 2 aliphatic rings. The molecular weight excluding hydrogens is 765 g/mol. The van der Waals surface area contributed by atoms with E-state index in [4.69, 9.17) is 18.9 Å². The summed E-state index contributed by atoms with van der Waals surface area (Å²) >= 11 is 0. The van der Waals surface area contributed by atoms with E-state index in [2.05, 4.69) is 72.1 Å². The fourth-order valence-electron chi connectivity index (χ4n) is 7.87. The van der Waals surface area contributed by atoms with E-state index < -0.39 is 36.3 Å². The number of carbonyl (C=O) groups is 4. The SMILES string of the molecule is C=CCCOC(=O)Nc1ccc2[nH]c3c(c2c1)CC(CNC(C)C)CC3OC(=O)/C=C\C(=O)OC1CC(CNC(C)C)Cc2c1[nH]c1ccc(NC(=O)OCCC=C)cc21. The molecule has 60 heavy (non-hydrogen) atoms. The van der Waals surface area contributed by atoms with Crippen LogP contribution < -0.4 is 21.3 Å². The summed E-state index contributed by atoms with van der Waals surface area (Å²) in [5, 5.41) is 14.5. The molecule has 0 bridgehead atoms. The number of amides is 2. The Balaban J connectivity index is 1.16. The van der Waals surface area contributed by atoms with Crippen molar-refractivity contribution in [2.75, 3.05) is 36.9 Å². The summed E-state index contributed by atoms with van der Waals surface area (Å²) in [6, 6.07) is 11.7. The Morgan fingerprint density at radius 1 is 0.683 bits per heavy atom. The van der Waals surface area contributed by atoms with Gasteiger partial charge in [0.1, 0.15) is 12.2 Å². The Bertz CT molecular complexity index is 2070. The number of esters is 2. The summed E-state index contributed by atoms with van der Waals surface area (Å²) in [5.74, 6) is -1.02. The number of aromatic nitrogens is 2. The highest BCUT2D eigenvalue weighted by atomic mass is 16.6. The summed E-state index contributed by atoms with van der Waals surface area (Å²) in [6.45, 7) is 17.6. The fourth-order valence-corrected chi connectivity index (χ4v) is 7.87. The molecular formula is C46H58N6O8. The topological polar surface area (TPSA) is 185 Å². The molecule has 2 aromatic carbocycles. The number of fused-ring (bicyclic) bond motifs is 6.